The Bertz CT molecular complexity index is 2720. The van der Waals surface area contributed by atoms with Crippen molar-refractivity contribution in [1.82, 2.24) is 29.5 Å². The Hall–Kier alpha value is -8.90. The molecule has 2 aromatic carbocycles. The molecular formula is C43H44N10O11. The predicted molar refractivity (Wildman–Crippen MR) is 236 cm³/mol. The van der Waals surface area contributed by atoms with Crippen LogP contribution in [-0.4, -0.2) is 87.8 Å². The van der Waals surface area contributed by atoms with E-state index in [0.717, 1.165) is 10.5 Å². The number of nitrogens with one attached hydrogen (secondary N) is 1. The van der Waals surface area contributed by atoms with E-state index in [1.807, 2.05) is 18.2 Å². The van der Waals surface area contributed by atoms with Crippen LogP contribution in [0.1, 0.15) is 25.5 Å². The van der Waals surface area contributed by atoms with Crippen LogP contribution < -0.4 is 50.5 Å². The van der Waals surface area contributed by atoms with Crippen LogP contribution in [0, 0.1) is 46.6 Å². The topological polar surface area (TPSA) is 269 Å². The van der Waals surface area contributed by atoms with Gasteiger partial charge in [0.05, 0.1) is 38.8 Å². The number of nitro groups is 1. The Morgan fingerprint density at radius 2 is 1.34 bits per heavy atom. The molecule has 5 aromatic rings. The highest BCUT2D eigenvalue weighted by atomic mass is 16.6. The molecule has 3 aromatic heterocycles. The van der Waals surface area contributed by atoms with E-state index in [1.54, 1.807) is 56.5 Å². The summed E-state index contributed by atoms with van der Waals surface area (Å²) in [6, 6.07) is 10.4. The van der Waals surface area contributed by atoms with Crippen molar-refractivity contribution in [2.45, 2.75) is 27.4 Å². The number of nitrogen functional groups attached to an aromatic ring is 2. The number of amides is 1. The van der Waals surface area contributed by atoms with E-state index >= 15 is 0 Å². The molecule has 7 rings (SSSR count). The van der Waals surface area contributed by atoms with Gasteiger partial charge in [-0.1, -0.05) is 19.6 Å². The number of carbonyl (C=O) groups is 1. The molecule has 2 aliphatic rings. The fourth-order valence-corrected chi connectivity index (χ4v) is 5.63. The molecule has 0 saturated heterocycles. The van der Waals surface area contributed by atoms with Gasteiger partial charge in [-0.2, -0.15) is 19.9 Å². The van der Waals surface area contributed by atoms with Gasteiger partial charge >= 0.3 is 29.5 Å². The number of H-pyrrole nitrogens is 1. The Kier molecular flexibility index (Phi) is 17.3. The highest BCUT2D eigenvalue weighted by Crippen LogP contribution is 2.36. The van der Waals surface area contributed by atoms with Crippen LogP contribution in [-0.2, 0) is 17.8 Å². The predicted octanol–water partition coefficient (Wildman–Crippen LogP) is 4.44. The number of hydrogen-bond donors (Lipinski definition) is 3. The van der Waals surface area contributed by atoms with Crippen LogP contribution in [0.4, 0.5) is 27.9 Å². The van der Waals surface area contributed by atoms with E-state index in [0.29, 0.717) is 46.3 Å². The number of methoxy groups -OCH3 is 2. The maximum atomic E-state index is 12.7. The summed E-state index contributed by atoms with van der Waals surface area (Å²) in [5.74, 6) is 10.1. The molecule has 0 atom stereocenters. The number of ether oxygens (including phenoxy) is 7. The number of nitrogens with two attached hydrogens (primary N) is 2. The van der Waals surface area contributed by atoms with Crippen molar-refractivity contribution in [1.29, 1.82) is 0 Å². The number of fused-ring (bicyclic) bond motifs is 7. The van der Waals surface area contributed by atoms with Gasteiger partial charge in [-0.05, 0) is 90.3 Å². The minimum atomic E-state index is -0.847. The Labute approximate surface area is 367 Å². The van der Waals surface area contributed by atoms with Crippen molar-refractivity contribution in [3.8, 4) is 71.5 Å². The molecule has 0 radical (unpaired) electrons. The number of aromatic amines is 1. The van der Waals surface area contributed by atoms with Crippen LogP contribution in [0.25, 0.3) is 11.2 Å². The SMILES string of the molecule is C.C#CC#CC#C.CCOC(=O)N1Cc2ccc(OC)c(c2)OC/C=C\COc2nc(N)c([N+](=O)[O-])c1n2.COc1ccc2cc1OC/C=C\COc1nc(N)c3[nH]c(=O)n(c3n1)C2. The smallest absolute Gasteiger partial charge is 0.415 e. The minimum Gasteiger partial charge on any atom is -0.493 e. The Morgan fingerprint density at radius 3 is 1.86 bits per heavy atom. The minimum absolute atomic E-state index is 0. The lowest BCUT2D eigenvalue weighted by atomic mass is 10.2. The largest absolute Gasteiger partial charge is 0.493 e. The fourth-order valence-electron chi connectivity index (χ4n) is 5.63. The van der Waals surface area contributed by atoms with Gasteiger partial charge < -0.3 is 49.6 Å². The number of imidazole rings is 1. The fraction of sp³-hybridized carbons (Fsp3) is 0.256. The van der Waals surface area contributed by atoms with Gasteiger partial charge in [-0.3, -0.25) is 19.6 Å². The molecule has 8 bridgehead atoms. The van der Waals surface area contributed by atoms with Crippen molar-refractivity contribution < 1.29 is 42.9 Å². The van der Waals surface area contributed by atoms with Crippen molar-refractivity contribution in [2.75, 3.05) is 63.6 Å². The van der Waals surface area contributed by atoms with Crippen molar-refractivity contribution in [3.63, 3.8) is 0 Å². The van der Waals surface area contributed by atoms with E-state index in [-0.39, 0.29) is 76.3 Å². The molecule has 332 valence electrons. The van der Waals surface area contributed by atoms with E-state index < -0.39 is 22.5 Å². The number of aromatic nitrogens is 6. The van der Waals surface area contributed by atoms with E-state index in [2.05, 4.69) is 48.6 Å². The third kappa shape index (κ3) is 12.1. The van der Waals surface area contributed by atoms with Crippen LogP contribution >= 0.6 is 0 Å². The van der Waals surface area contributed by atoms with Crippen LogP contribution in [0.3, 0.4) is 0 Å². The number of benzene rings is 2. The third-order valence-electron chi connectivity index (χ3n) is 8.39. The summed E-state index contributed by atoms with van der Waals surface area (Å²) in [7, 11) is 3.08. The zero-order valence-electron chi connectivity index (χ0n) is 34.2. The van der Waals surface area contributed by atoms with Crippen molar-refractivity contribution >= 4 is 40.4 Å². The Morgan fingerprint density at radius 1 is 0.828 bits per heavy atom. The molecular weight excluding hydrogens is 833 g/mol. The van der Waals surface area contributed by atoms with Gasteiger partial charge in [0.2, 0.25) is 11.6 Å². The van der Waals surface area contributed by atoms with E-state index in [1.165, 1.54) is 11.7 Å². The highest BCUT2D eigenvalue weighted by Gasteiger charge is 2.32. The monoisotopic (exact) mass is 876 g/mol. The molecule has 64 heavy (non-hydrogen) atoms. The summed E-state index contributed by atoms with van der Waals surface area (Å²) >= 11 is 0. The van der Waals surface area contributed by atoms with E-state index in [9.17, 15) is 19.7 Å². The molecule has 0 spiro atoms. The lowest BCUT2D eigenvalue weighted by Gasteiger charge is -2.22. The molecule has 5 N–H and O–H groups in total. The summed E-state index contributed by atoms with van der Waals surface area (Å²) in [5.41, 5.74) is 13.0. The van der Waals surface area contributed by atoms with Crippen molar-refractivity contribution in [2.24, 2.45) is 0 Å². The second kappa shape index (κ2) is 23.2. The van der Waals surface area contributed by atoms with Crippen molar-refractivity contribution in [3.05, 3.63) is 92.4 Å². The molecule has 0 aliphatic carbocycles. The summed E-state index contributed by atoms with van der Waals surface area (Å²) < 4.78 is 39.6. The zero-order valence-corrected chi connectivity index (χ0v) is 34.2. The molecule has 21 heteroatoms. The quantitative estimate of drug-likeness (QED) is 0.0974. The van der Waals surface area contributed by atoms with Gasteiger partial charge in [-0.15, -0.1) is 12.8 Å². The third-order valence-corrected chi connectivity index (χ3v) is 8.39. The lowest BCUT2D eigenvalue weighted by molar-refractivity contribution is -0.383. The number of terminal acetylenes is 2. The summed E-state index contributed by atoms with van der Waals surface area (Å²) in [5, 5.41) is 11.7. The molecule has 0 unspecified atom stereocenters. The molecule has 2 aliphatic heterocycles. The Balaban J connectivity index is 0.000000248. The van der Waals surface area contributed by atoms with Gasteiger partial charge in [0.15, 0.2) is 34.5 Å². The second-order valence-corrected chi connectivity index (χ2v) is 12.4. The van der Waals surface area contributed by atoms with Crippen LogP contribution in [0.15, 0.2) is 65.5 Å². The molecule has 0 saturated carbocycles. The first-order valence-electron chi connectivity index (χ1n) is 18.6. The summed E-state index contributed by atoms with van der Waals surface area (Å²) in [4.78, 5) is 56.0. The molecule has 21 nitrogen and oxygen atoms in total. The maximum absolute atomic E-state index is 12.7. The van der Waals surface area contributed by atoms with Gasteiger partial charge in [0.25, 0.3) is 0 Å². The zero-order chi connectivity index (χ0) is 45.3. The number of nitrogens with zero attached hydrogens (tertiary/aromatic N) is 7. The number of rotatable bonds is 4. The van der Waals surface area contributed by atoms with Gasteiger partial charge in [0, 0.05) is 0 Å². The maximum Gasteiger partial charge on any atom is 0.415 e. The first-order valence-corrected chi connectivity index (χ1v) is 18.6. The normalized spacial score (nSPS) is 13.4. The molecule has 5 heterocycles. The average Bonchev–Trinajstić information content (AvgIpc) is 3.58. The molecule has 1 amide bonds. The first-order chi connectivity index (χ1) is 30.5. The van der Waals surface area contributed by atoms with Gasteiger partial charge in [0.1, 0.15) is 31.9 Å². The molecule has 0 fully saturated rings. The van der Waals surface area contributed by atoms with Crippen LogP contribution in [0.2, 0.25) is 0 Å². The number of hydrogen-bond acceptors (Lipinski definition) is 17. The van der Waals surface area contributed by atoms with E-state index in [4.69, 9.17) is 57.5 Å². The van der Waals surface area contributed by atoms with Crippen LogP contribution in [0.5, 0.6) is 35.0 Å². The summed E-state index contributed by atoms with van der Waals surface area (Å²) in [6.45, 7) is 2.72. The number of anilines is 3. The summed E-state index contributed by atoms with van der Waals surface area (Å²) in [6.07, 6.45) is 15.5. The number of carbonyl (C=O) groups excluding carboxylic acids is 1. The first kappa shape index (κ1) is 47.8. The van der Waals surface area contributed by atoms with Gasteiger partial charge in [-0.25, -0.2) is 9.59 Å². The second-order valence-electron chi connectivity index (χ2n) is 12.4. The lowest BCUT2D eigenvalue weighted by Crippen LogP contribution is -2.33. The standard InChI is InChI=1S/C19H21N5O7.C17H17N5O4.C6H2.CH4/c1-3-29-19(25)23-11-12-6-7-13(28-2)14(10-12)30-8-4-5-9-31-18-21-16(20)15(24(26)27)17(23)22-18;1-24-11-5-4-10-8-12(11)25-6-2-3-7-26-16-20-14(18)13-15(21-16)22(9-10)17(23)19-13;1-3-5-6-4-2;/h4-7,10H,3,8-9,11H2,1-2H3,(H2,20,21,22);2-5,8H,6-7,9H2,1H3,(H,19,23)(H2,18,20,21);1-2H;1H4/b5-4-;3-2-;;. The highest BCUT2D eigenvalue weighted by molar-refractivity contribution is 5.91. The average molecular weight is 877 g/mol.